The molecule has 6 nitrogen and oxygen atoms in total. The Balaban J connectivity index is 1.48. The van der Waals surface area contributed by atoms with Gasteiger partial charge in [-0.3, -0.25) is 14.5 Å². The highest BCUT2D eigenvalue weighted by atomic mass is 32.1. The molecule has 1 aromatic heterocycles. The number of amides is 1. The summed E-state index contributed by atoms with van der Waals surface area (Å²) >= 11 is 1.38. The second-order valence-electron chi connectivity index (χ2n) is 6.68. The Morgan fingerprint density at radius 1 is 1.41 bits per heavy atom. The number of aromatic nitrogens is 1. The zero-order valence-electron chi connectivity index (χ0n) is 15.0. The van der Waals surface area contributed by atoms with E-state index in [9.17, 15) is 14.0 Å². The van der Waals surface area contributed by atoms with Crippen molar-refractivity contribution in [1.82, 2.24) is 15.2 Å². The van der Waals surface area contributed by atoms with Crippen LogP contribution in [0.3, 0.4) is 0 Å². The van der Waals surface area contributed by atoms with Crippen molar-refractivity contribution in [3.63, 3.8) is 0 Å². The molecule has 1 saturated carbocycles. The molecule has 0 saturated heterocycles. The van der Waals surface area contributed by atoms with Crippen LogP contribution in [0, 0.1) is 5.82 Å². The number of nitrogens with one attached hydrogen (secondary N) is 1. The summed E-state index contributed by atoms with van der Waals surface area (Å²) in [5.74, 6) is -1.25. The van der Waals surface area contributed by atoms with Gasteiger partial charge in [0.05, 0.1) is 18.7 Å². The van der Waals surface area contributed by atoms with Crippen molar-refractivity contribution in [3.8, 4) is 10.6 Å². The molecule has 0 unspecified atom stereocenters. The van der Waals surface area contributed by atoms with Crippen LogP contribution in [0.15, 0.2) is 29.6 Å². The fourth-order valence-electron chi connectivity index (χ4n) is 3.26. The van der Waals surface area contributed by atoms with Gasteiger partial charge in [-0.2, -0.15) is 0 Å². The summed E-state index contributed by atoms with van der Waals surface area (Å²) in [6, 6.07) is 6.51. The van der Waals surface area contributed by atoms with Crippen molar-refractivity contribution in [2.45, 2.75) is 38.3 Å². The van der Waals surface area contributed by atoms with E-state index in [1.54, 1.807) is 12.1 Å². The smallest absolute Gasteiger partial charge is 0.317 e. The zero-order valence-corrected chi connectivity index (χ0v) is 15.8. The van der Waals surface area contributed by atoms with Gasteiger partial charge in [-0.15, -0.1) is 11.3 Å². The molecule has 0 aliphatic heterocycles. The average Bonchev–Trinajstić information content (AvgIpc) is 3.04. The van der Waals surface area contributed by atoms with Crippen LogP contribution >= 0.6 is 11.3 Å². The van der Waals surface area contributed by atoms with Crippen molar-refractivity contribution in [2.75, 3.05) is 13.1 Å². The fraction of sp³-hybridized carbons (Fsp3) is 0.421. The predicted molar refractivity (Wildman–Crippen MR) is 101 cm³/mol. The Labute approximate surface area is 161 Å². The number of likely N-dealkylation sites (N-methyl/N-ethyl adjacent to an activating group) is 1. The second kappa shape index (κ2) is 8.58. The molecular formula is C19H22FN3O3S. The number of carbonyl (C=O) groups excluding carboxylic acids is 1. The molecular weight excluding hydrogens is 369 g/mol. The summed E-state index contributed by atoms with van der Waals surface area (Å²) in [6.45, 7) is 2.65. The number of rotatable bonds is 8. The molecule has 1 fully saturated rings. The first-order chi connectivity index (χ1) is 12.9. The maximum absolute atomic E-state index is 13.3. The van der Waals surface area contributed by atoms with Gasteiger partial charge in [0, 0.05) is 23.0 Å². The average molecular weight is 391 g/mol. The fourth-order valence-corrected chi connectivity index (χ4v) is 4.08. The molecule has 3 rings (SSSR count). The first kappa shape index (κ1) is 19.4. The highest BCUT2D eigenvalue weighted by Crippen LogP contribution is 2.26. The normalized spacial score (nSPS) is 18.9. The number of aliphatic carboxylic acids is 1. The maximum atomic E-state index is 13.3. The summed E-state index contributed by atoms with van der Waals surface area (Å²) < 4.78 is 13.3. The lowest BCUT2D eigenvalue weighted by molar-refractivity contribution is -0.139. The molecule has 1 amide bonds. The van der Waals surface area contributed by atoms with Crippen LogP contribution in [-0.2, 0) is 16.0 Å². The largest absolute Gasteiger partial charge is 0.480 e. The molecule has 8 heteroatoms. The van der Waals surface area contributed by atoms with Gasteiger partial charge in [-0.1, -0.05) is 19.1 Å². The van der Waals surface area contributed by atoms with Gasteiger partial charge < -0.3 is 10.4 Å². The van der Waals surface area contributed by atoms with Crippen LogP contribution in [0.1, 0.15) is 25.5 Å². The van der Waals surface area contributed by atoms with Gasteiger partial charge >= 0.3 is 5.97 Å². The Kier molecular flexibility index (Phi) is 6.18. The second-order valence-corrected chi connectivity index (χ2v) is 7.54. The van der Waals surface area contributed by atoms with E-state index in [2.05, 4.69) is 10.3 Å². The molecule has 0 spiro atoms. The van der Waals surface area contributed by atoms with Crippen LogP contribution in [0.25, 0.3) is 10.6 Å². The van der Waals surface area contributed by atoms with Gasteiger partial charge in [0.15, 0.2) is 0 Å². The lowest BCUT2D eigenvalue weighted by Gasteiger charge is -2.42. The molecule has 2 N–H and O–H groups in total. The molecule has 1 aliphatic rings. The van der Waals surface area contributed by atoms with E-state index < -0.39 is 5.97 Å². The summed E-state index contributed by atoms with van der Waals surface area (Å²) in [7, 11) is 0. The standard InChI is InChI=1S/C19H22FN3O3S/c1-2-23(10-18(25)26)16-7-14(8-16)21-17(24)9-15-11-27-19(22-15)12-4-3-5-13(20)6-12/h3-6,11,14,16H,2,7-10H2,1H3,(H,21,24)(H,25,26). The van der Waals surface area contributed by atoms with E-state index in [1.165, 1.54) is 23.5 Å². The Morgan fingerprint density at radius 3 is 2.85 bits per heavy atom. The highest BCUT2D eigenvalue weighted by Gasteiger charge is 2.34. The number of carboxylic acids is 1. The van der Waals surface area contributed by atoms with Crippen molar-refractivity contribution >= 4 is 23.2 Å². The summed E-state index contributed by atoms with van der Waals surface area (Å²) in [4.78, 5) is 29.4. The number of thiazole rings is 1. The number of carboxylic acid groups (broad SMARTS) is 1. The Bertz CT molecular complexity index is 820. The monoisotopic (exact) mass is 391 g/mol. The minimum absolute atomic E-state index is 0.0313. The predicted octanol–water partition coefficient (Wildman–Crippen LogP) is 2.55. The van der Waals surface area contributed by atoms with E-state index in [0.717, 1.165) is 12.8 Å². The minimum atomic E-state index is -0.832. The number of nitrogens with zero attached hydrogens (tertiary/aromatic N) is 2. The molecule has 1 aromatic carbocycles. The third kappa shape index (κ3) is 5.11. The first-order valence-electron chi connectivity index (χ1n) is 8.90. The summed E-state index contributed by atoms with van der Waals surface area (Å²) in [5, 5.41) is 14.4. The molecule has 1 heterocycles. The third-order valence-corrected chi connectivity index (χ3v) is 5.64. The minimum Gasteiger partial charge on any atom is -0.480 e. The number of benzene rings is 1. The van der Waals surface area contributed by atoms with Crippen molar-refractivity contribution in [1.29, 1.82) is 0 Å². The van der Waals surface area contributed by atoms with Crippen LogP contribution in [0.2, 0.25) is 0 Å². The van der Waals surface area contributed by atoms with Crippen molar-refractivity contribution < 1.29 is 19.1 Å². The molecule has 0 bridgehead atoms. The Morgan fingerprint density at radius 2 is 2.19 bits per heavy atom. The molecule has 2 aromatic rings. The molecule has 0 atom stereocenters. The highest BCUT2D eigenvalue weighted by molar-refractivity contribution is 7.13. The van der Waals surface area contributed by atoms with Crippen LogP contribution in [-0.4, -0.2) is 52.0 Å². The number of halogens is 1. The number of carbonyl (C=O) groups is 2. The number of hydrogen-bond acceptors (Lipinski definition) is 5. The van der Waals surface area contributed by atoms with Gasteiger partial charge in [0.2, 0.25) is 5.91 Å². The van der Waals surface area contributed by atoms with Crippen molar-refractivity contribution in [3.05, 3.63) is 41.2 Å². The lowest BCUT2D eigenvalue weighted by Crippen LogP contribution is -2.55. The van der Waals surface area contributed by atoms with Crippen molar-refractivity contribution in [2.24, 2.45) is 0 Å². The lowest BCUT2D eigenvalue weighted by atomic mass is 9.85. The quantitative estimate of drug-likeness (QED) is 0.723. The topological polar surface area (TPSA) is 82.5 Å². The van der Waals surface area contributed by atoms with E-state index in [-0.39, 0.29) is 36.8 Å². The van der Waals surface area contributed by atoms with Crippen LogP contribution in [0.4, 0.5) is 4.39 Å². The van der Waals surface area contributed by atoms with E-state index in [1.807, 2.05) is 17.2 Å². The van der Waals surface area contributed by atoms with E-state index in [0.29, 0.717) is 22.8 Å². The zero-order chi connectivity index (χ0) is 19.4. The van der Waals surface area contributed by atoms with E-state index in [4.69, 9.17) is 5.11 Å². The van der Waals surface area contributed by atoms with Gasteiger partial charge in [-0.25, -0.2) is 9.37 Å². The molecule has 0 radical (unpaired) electrons. The van der Waals surface area contributed by atoms with Gasteiger partial charge in [-0.05, 0) is 31.5 Å². The van der Waals surface area contributed by atoms with E-state index >= 15 is 0 Å². The maximum Gasteiger partial charge on any atom is 0.317 e. The van der Waals surface area contributed by atoms with Crippen LogP contribution in [0.5, 0.6) is 0 Å². The SMILES string of the molecule is CCN(CC(=O)O)C1CC(NC(=O)Cc2csc(-c3cccc(F)c3)n2)C1. The third-order valence-electron chi connectivity index (χ3n) is 4.70. The van der Waals surface area contributed by atoms with Crippen LogP contribution < -0.4 is 5.32 Å². The summed E-state index contributed by atoms with van der Waals surface area (Å²) in [6.07, 6.45) is 1.70. The molecule has 144 valence electrons. The molecule has 27 heavy (non-hydrogen) atoms. The number of hydrogen-bond donors (Lipinski definition) is 2. The summed E-state index contributed by atoms with van der Waals surface area (Å²) in [5.41, 5.74) is 1.36. The van der Waals surface area contributed by atoms with Gasteiger partial charge in [0.1, 0.15) is 10.8 Å². The Hall–Kier alpha value is -2.32. The first-order valence-corrected chi connectivity index (χ1v) is 9.78. The molecule has 1 aliphatic carbocycles. The van der Waals surface area contributed by atoms with Gasteiger partial charge in [0.25, 0.3) is 0 Å².